The van der Waals surface area contributed by atoms with Crippen molar-refractivity contribution in [2.75, 3.05) is 18.0 Å². The predicted molar refractivity (Wildman–Crippen MR) is 84.8 cm³/mol. The van der Waals surface area contributed by atoms with E-state index in [1.165, 1.54) is 19.2 Å². The molecule has 0 aliphatic rings. The van der Waals surface area contributed by atoms with Gasteiger partial charge in [0.2, 0.25) is 5.24 Å². The molecule has 122 valence electrons. The van der Waals surface area contributed by atoms with Crippen molar-refractivity contribution in [3.05, 3.63) is 54.3 Å². The van der Waals surface area contributed by atoms with E-state index in [4.69, 9.17) is 16.3 Å². The van der Waals surface area contributed by atoms with Gasteiger partial charge in [0, 0.05) is 0 Å². The fourth-order valence-electron chi connectivity index (χ4n) is 1.91. The van der Waals surface area contributed by atoms with E-state index in [9.17, 15) is 17.6 Å². The number of anilines is 1. The molecule has 23 heavy (non-hydrogen) atoms. The first-order chi connectivity index (χ1) is 10.8. The smallest absolute Gasteiger partial charge is 0.264 e. The Bertz CT molecular complexity index is 791. The van der Waals surface area contributed by atoms with Crippen molar-refractivity contribution in [1.29, 1.82) is 0 Å². The van der Waals surface area contributed by atoms with Gasteiger partial charge >= 0.3 is 0 Å². The molecular formula is C15H13ClFNO4S. The Hall–Kier alpha value is -2.12. The molecule has 0 saturated carbocycles. The van der Waals surface area contributed by atoms with Gasteiger partial charge in [-0.1, -0.05) is 0 Å². The molecule has 2 rings (SSSR count). The standard InChI is InChI=1S/C15H13ClFNO4S/c1-22-13-6-4-12(5-7-13)18(10-15(16)19)23(20,21)14-8-2-11(17)3-9-14/h2-9H,10H2,1H3. The molecule has 0 saturated heterocycles. The lowest BCUT2D eigenvalue weighted by atomic mass is 10.3. The monoisotopic (exact) mass is 357 g/mol. The molecule has 8 heteroatoms. The number of carbonyl (C=O) groups is 1. The maximum atomic E-state index is 13.0. The van der Waals surface area contributed by atoms with E-state index >= 15 is 0 Å². The lowest BCUT2D eigenvalue weighted by Crippen LogP contribution is -2.34. The van der Waals surface area contributed by atoms with Gasteiger partial charge in [-0.2, -0.15) is 0 Å². The number of methoxy groups -OCH3 is 1. The summed E-state index contributed by atoms with van der Waals surface area (Å²) in [6, 6.07) is 10.4. The highest BCUT2D eigenvalue weighted by atomic mass is 35.5. The SMILES string of the molecule is COc1ccc(N(CC(=O)Cl)S(=O)(=O)c2ccc(F)cc2)cc1. The zero-order valence-electron chi connectivity index (χ0n) is 12.1. The van der Waals surface area contributed by atoms with Crippen LogP contribution < -0.4 is 9.04 Å². The van der Waals surface area contributed by atoms with Crippen LogP contribution in [0.3, 0.4) is 0 Å². The summed E-state index contributed by atoms with van der Waals surface area (Å²) in [4.78, 5) is 11.1. The van der Waals surface area contributed by atoms with E-state index in [0.29, 0.717) is 5.75 Å². The van der Waals surface area contributed by atoms with Crippen molar-refractivity contribution >= 4 is 32.6 Å². The summed E-state index contributed by atoms with van der Waals surface area (Å²) in [5.41, 5.74) is 0.240. The third kappa shape index (κ3) is 4.00. The van der Waals surface area contributed by atoms with Gasteiger partial charge in [-0.25, -0.2) is 12.8 Å². The molecule has 2 aromatic rings. The number of halogens is 2. The largest absolute Gasteiger partial charge is 0.497 e. The van der Waals surface area contributed by atoms with Crippen LogP contribution in [-0.4, -0.2) is 27.3 Å². The highest BCUT2D eigenvalue weighted by Gasteiger charge is 2.26. The van der Waals surface area contributed by atoms with Crippen LogP contribution in [0.5, 0.6) is 5.75 Å². The summed E-state index contributed by atoms with van der Waals surface area (Å²) in [6.45, 7) is -0.548. The summed E-state index contributed by atoms with van der Waals surface area (Å²) in [5, 5.41) is -0.841. The summed E-state index contributed by atoms with van der Waals surface area (Å²) in [7, 11) is -2.59. The molecule has 0 N–H and O–H groups in total. The van der Waals surface area contributed by atoms with Crippen molar-refractivity contribution in [3.63, 3.8) is 0 Å². The number of hydrogen-bond acceptors (Lipinski definition) is 4. The minimum Gasteiger partial charge on any atom is -0.497 e. The molecule has 0 spiro atoms. The fourth-order valence-corrected chi connectivity index (χ4v) is 3.52. The van der Waals surface area contributed by atoms with E-state index in [0.717, 1.165) is 28.6 Å². The minimum atomic E-state index is -4.06. The predicted octanol–water partition coefficient (Wildman–Crippen LogP) is 2.80. The number of carbonyl (C=O) groups excluding carboxylic acids is 1. The third-order valence-corrected chi connectivity index (χ3v) is 4.94. The maximum absolute atomic E-state index is 13.0. The number of nitrogens with zero attached hydrogens (tertiary/aromatic N) is 1. The van der Waals surface area contributed by atoms with Crippen LogP contribution in [0.15, 0.2) is 53.4 Å². The number of benzene rings is 2. The van der Waals surface area contributed by atoms with Gasteiger partial charge < -0.3 is 4.74 Å². The van der Waals surface area contributed by atoms with Gasteiger partial charge in [-0.05, 0) is 60.1 Å². The molecule has 2 aromatic carbocycles. The highest BCUT2D eigenvalue weighted by molar-refractivity contribution is 7.92. The Morgan fingerprint density at radius 1 is 1.13 bits per heavy atom. The number of ether oxygens (including phenoxy) is 1. The second-order valence-corrected chi connectivity index (χ2v) is 6.80. The summed E-state index contributed by atoms with van der Waals surface area (Å²) < 4.78 is 44.3. The fraction of sp³-hybridized carbons (Fsp3) is 0.133. The number of sulfonamides is 1. The van der Waals surface area contributed by atoms with E-state index in [1.807, 2.05) is 0 Å². The lowest BCUT2D eigenvalue weighted by Gasteiger charge is -2.23. The second-order valence-electron chi connectivity index (χ2n) is 4.52. The lowest BCUT2D eigenvalue weighted by molar-refractivity contribution is -0.110. The molecule has 5 nitrogen and oxygen atoms in total. The van der Waals surface area contributed by atoms with Gasteiger partial charge in [0.1, 0.15) is 18.1 Å². The van der Waals surface area contributed by atoms with Crippen LogP contribution in [0.4, 0.5) is 10.1 Å². The van der Waals surface area contributed by atoms with E-state index < -0.39 is 27.6 Å². The Kier molecular flexibility index (Phi) is 5.23. The number of hydrogen-bond donors (Lipinski definition) is 0. The van der Waals surface area contributed by atoms with Gasteiger partial charge in [-0.15, -0.1) is 0 Å². The topological polar surface area (TPSA) is 63.7 Å². The normalized spacial score (nSPS) is 11.1. The summed E-state index contributed by atoms with van der Waals surface area (Å²) >= 11 is 5.37. The molecule has 0 aliphatic heterocycles. The molecule has 0 amide bonds. The Balaban J connectivity index is 2.48. The zero-order chi connectivity index (χ0) is 17.0. The van der Waals surface area contributed by atoms with Gasteiger partial charge in [0.25, 0.3) is 10.0 Å². The van der Waals surface area contributed by atoms with Crippen LogP contribution in [-0.2, 0) is 14.8 Å². The minimum absolute atomic E-state index is 0.146. The third-order valence-electron chi connectivity index (χ3n) is 3.03. The molecule has 0 aliphatic carbocycles. The molecule has 0 radical (unpaired) electrons. The van der Waals surface area contributed by atoms with Gasteiger partial charge in [-0.3, -0.25) is 9.10 Å². The van der Waals surface area contributed by atoms with Crippen LogP contribution in [0.1, 0.15) is 0 Å². The number of rotatable bonds is 6. The molecule has 0 heterocycles. The van der Waals surface area contributed by atoms with Crippen LogP contribution in [0.25, 0.3) is 0 Å². The van der Waals surface area contributed by atoms with E-state index in [2.05, 4.69) is 0 Å². The van der Waals surface area contributed by atoms with Crippen molar-refractivity contribution in [1.82, 2.24) is 0 Å². The Morgan fingerprint density at radius 2 is 1.70 bits per heavy atom. The van der Waals surface area contributed by atoms with E-state index in [1.54, 1.807) is 12.1 Å². The first-order valence-corrected chi connectivity index (χ1v) is 8.27. The molecule has 0 atom stereocenters. The second kappa shape index (κ2) is 6.97. The molecule has 0 unspecified atom stereocenters. The van der Waals surface area contributed by atoms with Crippen LogP contribution in [0.2, 0.25) is 0 Å². The molecule has 0 fully saturated rings. The maximum Gasteiger partial charge on any atom is 0.264 e. The highest BCUT2D eigenvalue weighted by Crippen LogP contribution is 2.26. The quantitative estimate of drug-likeness (QED) is 0.746. The van der Waals surface area contributed by atoms with Crippen molar-refractivity contribution < 1.29 is 22.3 Å². The first kappa shape index (κ1) is 17.2. The molecule has 0 aromatic heterocycles. The van der Waals surface area contributed by atoms with Crippen LogP contribution >= 0.6 is 11.6 Å². The zero-order valence-corrected chi connectivity index (χ0v) is 13.6. The van der Waals surface area contributed by atoms with Gasteiger partial charge in [0.05, 0.1) is 17.7 Å². The van der Waals surface area contributed by atoms with E-state index in [-0.39, 0.29) is 10.6 Å². The molecular weight excluding hydrogens is 345 g/mol. The molecule has 0 bridgehead atoms. The average molecular weight is 358 g/mol. The summed E-state index contributed by atoms with van der Waals surface area (Å²) in [5.74, 6) is -0.0292. The Morgan fingerprint density at radius 3 is 2.17 bits per heavy atom. The van der Waals surface area contributed by atoms with Gasteiger partial charge in [0.15, 0.2) is 0 Å². The Labute approximate surface area is 138 Å². The van der Waals surface area contributed by atoms with Crippen molar-refractivity contribution in [3.8, 4) is 5.75 Å². The van der Waals surface area contributed by atoms with Crippen molar-refractivity contribution in [2.24, 2.45) is 0 Å². The van der Waals surface area contributed by atoms with Crippen molar-refractivity contribution in [2.45, 2.75) is 4.90 Å². The van der Waals surface area contributed by atoms with Crippen LogP contribution in [0, 0.1) is 5.82 Å². The average Bonchev–Trinajstić information content (AvgIpc) is 2.53. The summed E-state index contributed by atoms with van der Waals surface area (Å²) in [6.07, 6.45) is 0. The first-order valence-electron chi connectivity index (χ1n) is 6.45.